The number of aromatic nitrogens is 2. The Balaban J connectivity index is 0.000000250. The van der Waals surface area contributed by atoms with Gasteiger partial charge in [-0.15, -0.1) is 12.4 Å². The number of methoxy groups -OCH3 is 2. The van der Waals surface area contributed by atoms with Crippen LogP contribution in [0, 0.1) is 11.6 Å². The van der Waals surface area contributed by atoms with Crippen LogP contribution < -0.4 is 13.9 Å². The van der Waals surface area contributed by atoms with Crippen LogP contribution in [0.3, 0.4) is 0 Å². The minimum Gasteiger partial charge on any atom is -0.465 e. The molecule has 77 heavy (non-hydrogen) atoms. The Kier molecular flexibility index (Phi) is 22.5. The Morgan fingerprint density at radius 2 is 1.03 bits per heavy atom. The van der Waals surface area contributed by atoms with Gasteiger partial charge >= 0.3 is 23.9 Å². The van der Waals surface area contributed by atoms with Gasteiger partial charge in [0.1, 0.15) is 11.6 Å². The number of carbonyl (C=O) groups excluding carboxylic acids is 5. The van der Waals surface area contributed by atoms with E-state index in [1.807, 2.05) is 0 Å². The fraction of sp³-hybridized carbons (Fsp3) is 0.460. The molecule has 0 bridgehead atoms. The first-order chi connectivity index (χ1) is 36.0. The minimum atomic E-state index is -3.87. The highest BCUT2D eigenvalue weighted by atomic mass is 35.5. The number of piperidine rings is 2. The maximum Gasteiger partial charge on any atom is 0.339 e. The number of anilines is 2. The Hall–Kier alpha value is -5.60. The second-order valence-corrected chi connectivity index (χ2v) is 23.4. The zero-order valence-electron chi connectivity index (χ0n) is 42.9. The van der Waals surface area contributed by atoms with Gasteiger partial charge in [0.05, 0.1) is 81.7 Å². The SMILES string of the molecule is CC(=O)OC(C)=O.COC(=O)c1ccc(CN(c2ccc(F)c(Cl)c2)S(=O)(=O)C2CCN(C3CN(C(C)=O)C3)CC2)nc1.COC(=O)c1ccc(CN(c2ccc(F)c(Cl)c2)S(=O)(=O)C2CCN(C3CNC3)CC2)nc1.Cl. The van der Waals surface area contributed by atoms with Gasteiger partial charge in [0, 0.05) is 71.4 Å². The van der Waals surface area contributed by atoms with Crippen molar-refractivity contribution in [2.75, 3.05) is 75.2 Å². The summed E-state index contributed by atoms with van der Waals surface area (Å²) in [7, 11) is -5.13. The quantitative estimate of drug-likeness (QED) is 0.0913. The van der Waals surface area contributed by atoms with Crippen LogP contribution >= 0.6 is 35.6 Å². The van der Waals surface area contributed by atoms with Crippen LogP contribution in [-0.4, -0.2) is 160 Å². The number of halogens is 5. The van der Waals surface area contributed by atoms with Gasteiger partial charge in [0.25, 0.3) is 0 Å². The average molecular weight is 1170 g/mol. The summed E-state index contributed by atoms with van der Waals surface area (Å²) in [4.78, 5) is 69.3. The molecule has 0 saturated carbocycles. The van der Waals surface area contributed by atoms with E-state index in [2.05, 4.69) is 39.3 Å². The molecule has 1 N–H and O–H groups in total. The van der Waals surface area contributed by atoms with E-state index in [4.69, 9.17) is 23.2 Å². The van der Waals surface area contributed by atoms with Gasteiger partial charge in [-0.25, -0.2) is 35.2 Å². The number of nitrogens with zero attached hydrogens (tertiary/aromatic N) is 7. The fourth-order valence-corrected chi connectivity index (χ4v) is 13.0. The van der Waals surface area contributed by atoms with Crippen LogP contribution in [0.2, 0.25) is 10.0 Å². The number of sulfonamides is 2. The lowest BCUT2D eigenvalue weighted by Gasteiger charge is -2.47. The lowest BCUT2D eigenvalue weighted by molar-refractivity contribution is -0.156. The van der Waals surface area contributed by atoms with Crippen molar-refractivity contribution in [2.24, 2.45) is 0 Å². The van der Waals surface area contributed by atoms with Crippen LogP contribution in [0.1, 0.15) is 78.6 Å². The van der Waals surface area contributed by atoms with E-state index in [9.17, 15) is 49.6 Å². The number of pyridine rings is 2. The lowest BCUT2D eigenvalue weighted by Crippen LogP contribution is -2.62. The number of carbonyl (C=O) groups is 5. The van der Waals surface area contributed by atoms with E-state index in [-0.39, 0.29) is 70.0 Å². The molecule has 20 nitrogen and oxygen atoms in total. The van der Waals surface area contributed by atoms with E-state index in [0.717, 1.165) is 25.2 Å². The van der Waals surface area contributed by atoms with E-state index < -0.39 is 66.1 Å². The molecule has 0 radical (unpaired) electrons. The molecule has 6 heterocycles. The van der Waals surface area contributed by atoms with Crippen molar-refractivity contribution >= 4 is 96.8 Å². The van der Waals surface area contributed by atoms with Gasteiger partial charge in [-0.05, 0) is 113 Å². The van der Waals surface area contributed by atoms with Crippen LogP contribution in [0.5, 0.6) is 0 Å². The maximum absolute atomic E-state index is 13.8. The van der Waals surface area contributed by atoms with Crippen molar-refractivity contribution in [1.29, 1.82) is 0 Å². The average Bonchev–Trinajstić information content (AvgIpc) is 3.35. The van der Waals surface area contributed by atoms with E-state index in [0.29, 0.717) is 82.4 Å². The highest BCUT2D eigenvalue weighted by molar-refractivity contribution is 7.93. The first-order valence-corrected chi connectivity index (χ1v) is 27.9. The second kappa shape index (κ2) is 27.8. The van der Waals surface area contributed by atoms with Crippen molar-refractivity contribution in [2.45, 2.75) is 82.1 Å². The number of hydrogen-bond acceptors (Lipinski definition) is 17. The molecule has 4 saturated heterocycles. The molecular formula is C50H61Cl3F2N8O12S2. The number of likely N-dealkylation sites (tertiary alicyclic amines) is 3. The largest absolute Gasteiger partial charge is 0.465 e. The van der Waals surface area contributed by atoms with E-state index in [1.54, 1.807) is 24.0 Å². The summed E-state index contributed by atoms with van der Waals surface area (Å²) < 4.78 is 98.5. The zero-order valence-corrected chi connectivity index (χ0v) is 46.9. The number of amides is 1. The minimum absolute atomic E-state index is 0. The lowest BCUT2D eigenvalue weighted by atomic mass is 10.0. The van der Waals surface area contributed by atoms with Gasteiger partial charge in [-0.2, -0.15) is 0 Å². The smallest absolute Gasteiger partial charge is 0.339 e. The molecule has 27 heteroatoms. The molecule has 8 rings (SSSR count). The molecule has 2 aromatic carbocycles. The molecule has 4 aliphatic rings. The standard InChI is InChI=1S/C24H28ClFN4O5S.C22H26ClFN4O4S.C4H6O3.ClH/c1-16(31)29-14-20(15-29)28-9-7-21(8-10-28)36(33,34)30(19-5-6-23(26)22(25)11-19)13-18-4-3-17(12-27-18)24(32)35-2;1-32-22(29)15-2-3-16(26-11-15)14-28(17-4-5-21(24)20(23)10-17)33(30,31)19-6-8-27(9-7-19)18-12-25-13-18;1-3(5)7-4(2)6;/h3-6,11-12,20-21H,7-10,13-15H2,1-2H3;2-5,10-11,18-19,25H,6-9,12-14H2,1H3;1-2H3;1H. The summed E-state index contributed by atoms with van der Waals surface area (Å²) in [6, 6.07) is 14.6. The van der Waals surface area contributed by atoms with E-state index in [1.165, 1.54) is 85.5 Å². The molecule has 0 aliphatic carbocycles. The predicted octanol–water partition coefficient (Wildman–Crippen LogP) is 5.64. The summed E-state index contributed by atoms with van der Waals surface area (Å²) >= 11 is 11.9. The molecule has 1 amide bonds. The van der Waals surface area contributed by atoms with Crippen LogP contribution in [0.15, 0.2) is 73.1 Å². The van der Waals surface area contributed by atoms with Crippen LogP contribution in [-0.2, 0) is 61.7 Å². The summed E-state index contributed by atoms with van der Waals surface area (Å²) in [5, 5.41) is 1.69. The Morgan fingerprint density at radius 1 is 0.636 bits per heavy atom. The van der Waals surface area contributed by atoms with Crippen molar-refractivity contribution in [3.63, 3.8) is 0 Å². The number of nitrogens with one attached hydrogen (secondary N) is 1. The first-order valence-electron chi connectivity index (χ1n) is 24.1. The Morgan fingerprint density at radius 3 is 1.31 bits per heavy atom. The summed E-state index contributed by atoms with van der Waals surface area (Å²) in [5.41, 5.74) is 1.85. The molecular weight excluding hydrogens is 1110 g/mol. The third-order valence-electron chi connectivity index (χ3n) is 13.3. The summed E-state index contributed by atoms with van der Waals surface area (Å²) in [6.07, 6.45) is 4.55. The molecule has 4 fully saturated rings. The van der Waals surface area contributed by atoms with Gasteiger partial charge in [0.15, 0.2) is 0 Å². The topological polar surface area (TPSA) is 235 Å². The third-order valence-corrected chi connectivity index (χ3v) is 18.4. The predicted molar refractivity (Wildman–Crippen MR) is 286 cm³/mol. The zero-order chi connectivity index (χ0) is 55.5. The molecule has 0 atom stereocenters. The maximum atomic E-state index is 13.8. The normalized spacial score (nSPS) is 16.6. The van der Waals surface area contributed by atoms with Crippen molar-refractivity contribution in [3.8, 4) is 0 Å². The first kappa shape index (κ1) is 62.2. The monoisotopic (exact) mass is 1170 g/mol. The molecule has 0 unspecified atom stereocenters. The van der Waals surface area contributed by atoms with Gasteiger partial charge in [-0.1, -0.05) is 23.2 Å². The Labute approximate surface area is 462 Å². The van der Waals surface area contributed by atoms with Crippen LogP contribution in [0.4, 0.5) is 20.2 Å². The number of ether oxygens (including phenoxy) is 3. The fourth-order valence-electron chi connectivity index (χ4n) is 8.86. The molecule has 4 aliphatic heterocycles. The number of rotatable bonds is 14. The number of esters is 4. The Bertz CT molecular complexity index is 2930. The number of hydrogen-bond donors (Lipinski definition) is 1. The molecule has 4 aromatic rings. The summed E-state index contributed by atoms with van der Waals surface area (Å²) in [5.74, 6) is -3.43. The molecule has 0 spiro atoms. The van der Waals surface area contributed by atoms with Crippen molar-refractivity contribution in [1.82, 2.24) is 30.0 Å². The second-order valence-electron chi connectivity index (χ2n) is 18.3. The van der Waals surface area contributed by atoms with Gasteiger partial charge < -0.3 is 24.4 Å². The molecule has 420 valence electrons. The van der Waals surface area contributed by atoms with Gasteiger partial charge in [0.2, 0.25) is 26.0 Å². The highest BCUT2D eigenvalue weighted by Crippen LogP contribution is 2.33. The van der Waals surface area contributed by atoms with Gasteiger partial charge in [-0.3, -0.25) is 42.8 Å². The highest BCUT2D eigenvalue weighted by Gasteiger charge is 2.41. The summed E-state index contributed by atoms with van der Waals surface area (Å²) in [6.45, 7) is 9.55. The van der Waals surface area contributed by atoms with Crippen molar-refractivity contribution < 1.29 is 63.8 Å². The van der Waals surface area contributed by atoms with E-state index >= 15 is 0 Å². The van der Waals surface area contributed by atoms with Crippen LogP contribution in [0.25, 0.3) is 0 Å². The molecule has 2 aromatic heterocycles. The van der Waals surface area contributed by atoms with Crippen molar-refractivity contribution in [3.05, 3.63) is 117 Å². The number of benzene rings is 2. The third kappa shape index (κ3) is 16.2.